The summed E-state index contributed by atoms with van der Waals surface area (Å²) in [6, 6.07) is 6.26. The molecular formula is C22H30N4O. The molecule has 0 radical (unpaired) electrons. The Bertz CT molecular complexity index is 910. The monoisotopic (exact) mass is 366 g/mol. The molecule has 0 bridgehead atoms. The first-order chi connectivity index (χ1) is 12.6. The lowest BCUT2D eigenvalue weighted by atomic mass is 10.0. The highest BCUT2D eigenvalue weighted by Crippen LogP contribution is 2.31. The van der Waals surface area contributed by atoms with Gasteiger partial charge in [0.05, 0.1) is 23.0 Å². The summed E-state index contributed by atoms with van der Waals surface area (Å²) < 4.78 is 8.07. The van der Waals surface area contributed by atoms with Gasteiger partial charge in [-0.15, -0.1) is 0 Å². The Kier molecular flexibility index (Phi) is 5.80. The summed E-state index contributed by atoms with van der Waals surface area (Å²) >= 11 is 0. The molecule has 5 nitrogen and oxygen atoms in total. The minimum absolute atomic E-state index is 0. The Morgan fingerprint density at radius 1 is 1.22 bits per heavy atom. The van der Waals surface area contributed by atoms with Gasteiger partial charge in [0.25, 0.3) is 0 Å². The van der Waals surface area contributed by atoms with Crippen molar-refractivity contribution in [3.8, 4) is 0 Å². The number of nitrogens with one attached hydrogen (secondary N) is 1. The molecule has 0 saturated carbocycles. The third-order valence-corrected chi connectivity index (χ3v) is 5.10. The maximum absolute atomic E-state index is 5.80. The molecule has 0 amide bonds. The maximum Gasteiger partial charge on any atom is 0.139 e. The summed E-state index contributed by atoms with van der Waals surface area (Å²) in [4.78, 5) is 9.18. The van der Waals surface area contributed by atoms with Crippen molar-refractivity contribution in [1.29, 1.82) is 0 Å². The number of ether oxygens (including phenoxy) is 1. The van der Waals surface area contributed by atoms with Crippen LogP contribution in [-0.2, 0) is 11.3 Å². The molecule has 4 heterocycles. The average Bonchev–Trinajstić information content (AvgIpc) is 3.28. The number of hydrogen-bond acceptors (Lipinski definition) is 4. The summed E-state index contributed by atoms with van der Waals surface area (Å²) in [7, 11) is 0. The van der Waals surface area contributed by atoms with Crippen LogP contribution in [-0.4, -0.2) is 27.2 Å². The molecule has 1 unspecified atom stereocenters. The van der Waals surface area contributed by atoms with Gasteiger partial charge in [0, 0.05) is 37.1 Å². The van der Waals surface area contributed by atoms with Crippen LogP contribution in [0, 0.1) is 6.92 Å². The summed E-state index contributed by atoms with van der Waals surface area (Å²) in [6.45, 7) is 8.23. The number of rotatable bonds is 5. The second-order valence-electron chi connectivity index (χ2n) is 7.36. The fourth-order valence-electron chi connectivity index (χ4n) is 3.69. The Hall–Kier alpha value is -2.40. The van der Waals surface area contributed by atoms with Crippen LogP contribution in [0.15, 0.2) is 36.8 Å². The predicted octanol–water partition coefficient (Wildman–Crippen LogP) is 5.42. The van der Waals surface area contributed by atoms with E-state index in [0.717, 1.165) is 48.6 Å². The maximum atomic E-state index is 5.80. The number of aryl methyl sites for hydroxylation is 1. The molecule has 1 aliphatic rings. The molecule has 1 saturated heterocycles. The lowest BCUT2D eigenvalue weighted by Crippen LogP contribution is -2.14. The summed E-state index contributed by atoms with van der Waals surface area (Å²) in [5.41, 5.74) is 4.50. The standard InChI is InChI=1S/C21H26N4O.CH4/c1-14(2)19-20(15(3)6-9-22-19)24-21-17-8-11-25(18(17)7-10-23-21)13-16-5-4-12-26-16;/h6-11,14,16H,4-5,12-13H2,1-3H3,(H,23,24);1H4. The number of anilines is 2. The molecule has 3 aromatic heterocycles. The molecule has 1 N–H and O–H groups in total. The topological polar surface area (TPSA) is 52.0 Å². The second-order valence-corrected chi connectivity index (χ2v) is 7.36. The van der Waals surface area contributed by atoms with Crippen molar-refractivity contribution in [3.63, 3.8) is 0 Å². The fourth-order valence-corrected chi connectivity index (χ4v) is 3.69. The average molecular weight is 367 g/mol. The van der Waals surface area contributed by atoms with E-state index in [4.69, 9.17) is 4.74 Å². The van der Waals surface area contributed by atoms with Crippen molar-refractivity contribution in [3.05, 3.63) is 48.0 Å². The SMILES string of the molecule is C.Cc1ccnc(C(C)C)c1Nc1nccc2c1ccn2CC1CCCO1. The minimum atomic E-state index is 0. The quantitative estimate of drug-likeness (QED) is 0.655. The van der Waals surface area contributed by atoms with E-state index in [9.17, 15) is 0 Å². The minimum Gasteiger partial charge on any atom is -0.376 e. The molecule has 1 aliphatic heterocycles. The van der Waals surface area contributed by atoms with Crippen LogP contribution < -0.4 is 5.32 Å². The number of pyridine rings is 2. The highest BCUT2D eigenvalue weighted by molar-refractivity contribution is 5.92. The number of nitrogens with zero attached hydrogens (tertiary/aromatic N) is 3. The molecule has 0 aliphatic carbocycles. The Morgan fingerprint density at radius 2 is 2.04 bits per heavy atom. The molecular weight excluding hydrogens is 336 g/mol. The predicted molar refractivity (Wildman–Crippen MR) is 112 cm³/mol. The summed E-state index contributed by atoms with van der Waals surface area (Å²) in [6.07, 6.45) is 8.51. The molecule has 0 aromatic carbocycles. The van der Waals surface area contributed by atoms with E-state index < -0.39 is 0 Å². The Labute approximate surface area is 161 Å². The third kappa shape index (κ3) is 3.83. The lowest BCUT2D eigenvalue weighted by molar-refractivity contribution is 0.0980. The van der Waals surface area contributed by atoms with Crippen molar-refractivity contribution in [2.24, 2.45) is 0 Å². The van der Waals surface area contributed by atoms with Gasteiger partial charge in [-0.25, -0.2) is 4.98 Å². The van der Waals surface area contributed by atoms with Gasteiger partial charge >= 0.3 is 0 Å². The number of aromatic nitrogens is 3. The third-order valence-electron chi connectivity index (χ3n) is 5.10. The van der Waals surface area contributed by atoms with Crippen LogP contribution in [0.25, 0.3) is 10.9 Å². The van der Waals surface area contributed by atoms with Crippen LogP contribution in [0.4, 0.5) is 11.5 Å². The van der Waals surface area contributed by atoms with Gasteiger partial charge in [-0.1, -0.05) is 21.3 Å². The largest absolute Gasteiger partial charge is 0.376 e. The molecule has 1 fully saturated rings. The first kappa shape index (κ1) is 19.4. The van der Waals surface area contributed by atoms with Crippen molar-refractivity contribution >= 4 is 22.4 Å². The normalized spacial score (nSPS) is 16.7. The van der Waals surface area contributed by atoms with Gasteiger partial charge in [0.15, 0.2) is 0 Å². The highest BCUT2D eigenvalue weighted by Gasteiger charge is 2.18. The number of fused-ring (bicyclic) bond motifs is 1. The number of hydrogen-bond donors (Lipinski definition) is 1. The van der Waals surface area contributed by atoms with Gasteiger partial charge in [-0.2, -0.15) is 0 Å². The smallest absolute Gasteiger partial charge is 0.139 e. The van der Waals surface area contributed by atoms with Crippen molar-refractivity contribution in [2.45, 2.75) is 59.6 Å². The summed E-state index contributed by atoms with van der Waals surface area (Å²) in [5, 5.41) is 4.68. The van der Waals surface area contributed by atoms with Crippen LogP contribution in [0.3, 0.4) is 0 Å². The van der Waals surface area contributed by atoms with Crippen LogP contribution >= 0.6 is 0 Å². The molecule has 144 valence electrons. The van der Waals surface area contributed by atoms with Crippen molar-refractivity contribution in [1.82, 2.24) is 14.5 Å². The molecule has 4 rings (SSSR count). The van der Waals surface area contributed by atoms with E-state index >= 15 is 0 Å². The van der Waals surface area contributed by atoms with E-state index in [1.54, 1.807) is 0 Å². The van der Waals surface area contributed by atoms with Gasteiger partial charge in [-0.05, 0) is 49.4 Å². The zero-order chi connectivity index (χ0) is 18.1. The molecule has 0 spiro atoms. The van der Waals surface area contributed by atoms with Crippen LogP contribution in [0.2, 0.25) is 0 Å². The van der Waals surface area contributed by atoms with E-state index in [-0.39, 0.29) is 7.43 Å². The Morgan fingerprint density at radius 3 is 2.78 bits per heavy atom. The van der Waals surface area contributed by atoms with Crippen molar-refractivity contribution < 1.29 is 4.74 Å². The van der Waals surface area contributed by atoms with Crippen LogP contribution in [0.5, 0.6) is 0 Å². The zero-order valence-corrected chi connectivity index (χ0v) is 15.7. The van der Waals surface area contributed by atoms with E-state index in [0.29, 0.717) is 12.0 Å². The highest BCUT2D eigenvalue weighted by atomic mass is 16.5. The van der Waals surface area contributed by atoms with Gasteiger partial charge in [-0.3, -0.25) is 4.98 Å². The fraction of sp³-hybridized carbons (Fsp3) is 0.455. The van der Waals surface area contributed by atoms with E-state index in [1.165, 1.54) is 11.1 Å². The zero-order valence-electron chi connectivity index (χ0n) is 15.7. The first-order valence-electron chi connectivity index (χ1n) is 9.41. The first-order valence-corrected chi connectivity index (χ1v) is 9.41. The molecule has 27 heavy (non-hydrogen) atoms. The van der Waals surface area contributed by atoms with Gasteiger partial charge < -0.3 is 14.6 Å². The molecule has 5 heteroatoms. The Balaban J connectivity index is 0.00000210. The van der Waals surface area contributed by atoms with Gasteiger partial charge in [0.2, 0.25) is 0 Å². The lowest BCUT2D eigenvalue weighted by Gasteiger charge is -2.16. The molecule has 1 atom stereocenters. The molecule has 3 aromatic rings. The van der Waals surface area contributed by atoms with Crippen molar-refractivity contribution in [2.75, 3.05) is 11.9 Å². The van der Waals surface area contributed by atoms with E-state index in [2.05, 4.69) is 59.0 Å². The summed E-state index contributed by atoms with van der Waals surface area (Å²) in [5.74, 6) is 1.23. The second kappa shape index (κ2) is 8.09. The van der Waals surface area contributed by atoms with Gasteiger partial charge in [0.1, 0.15) is 5.82 Å². The van der Waals surface area contributed by atoms with Crippen LogP contribution in [0.1, 0.15) is 51.3 Å². The van der Waals surface area contributed by atoms with E-state index in [1.807, 2.05) is 18.5 Å².